The molecule has 0 fully saturated rings. The number of aromatic hydroxyl groups is 2. The fourth-order valence-electron chi connectivity index (χ4n) is 3.40. The Bertz CT molecular complexity index is 824. The van der Waals surface area contributed by atoms with Gasteiger partial charge in [-0.1, -0.05) is 26.7 Å². The quantitative estimate of drug-likeness (QED) is 0.319. The third kappa shape index (κ3) is 4.74. The summed E-state index contributed by atoms with van der Waals surface area (Å²) in [6.45, 7) is 6.28. The van der Waals surface area contributed by atoms with Crippen molar-refractivity contribution in [1.82, 2.24) is 9.13 Å². The molecule has 3 rings (SSSR count). The summed E-state index contributed by atoms with van der Waals surface area (Å²) in [4.78, 5) is 0. The van der Waals surface area contributed by atoms with Crippen molar-refractivity contribution in [3.05, 3.63) is 49.6 Å². The number of aromatic nitrogens is 4. The molecule has 0 saturated carbocycles. The van der Waals surface area contributed by atoms with E-state index in [2.05, 4.69) is 23.0 Å². The van der Waals surface area contributed by atoms with Crippen LogP contribution in [0.1, 0.15) is 52.4 Å². The number of phenols is 2. The Labute approximate surface area is 166 Å². The minimum atomic E-state index is 0.135. The summed E-state index contributed by atoms with van der Waals surface area (Å²) in [6.07, 6.45) is 18.7. The first-order valence-electron chi connectivity index (χ1n) is 10.3. The summed E-state index contributed by atoms with van der Waals surface area (Å²) >= 11 is 0. The van der Waals surface area contributed by atoms with Crippen LogP contribution in [0.5, 0.6) is 11.5 Å². The van der Waals surface area contributed by atoms with Crippen LogP contribution < -0.4 is 9.13 Å². The second kappa shape index (κ2) is 9.44. The van der Waals surface area contributed by atoms with Crippen molar-refractivity contribution in [2.45, 2.75) is 65.5 Å². The molecular formula is C22H32N4O2+2. The molecule has 2 N–H and O–H groups in total. The molecule has 0 spiro atoms. The zero-order chi connectivity index (χ0) is 19.9. The van der Waals surface area contributed by atoms with Gasteiger partial charge in [0.25, 0.3) is 0 Å². The van der Waals surface area contributed by atoms with Gasteiger partial charge in [-0.2, -0.15) is 9.13 Å². The summed E-state index contributed by atoms with van der Waals surface area (Å²) in [6, 6.07) is 3.23. The molecule has 0 radical (unpaired) electrons. The maximum absolute atomic E-state index is 10.6. The molecule has 0 unspecified atom stereocenters. The predicted molar refractivity (Wildman–Crippen MR) is 108 cm³/mol. The number of aryl methyl sites for hydroxylation is 2. The molecule has 1 aromatic carbocycles. The minimum Gasteiger partial charge on any atom is -0.504 e. The molecule has 0 aliphatic carbocycles. The Balaban J connectivity index is 1.78. The summed E-state index contributed by atoms with van der Waals surface area (Å²) < 4.78 is 7.88. The normalized spacial score (nSPS) is 11.2. The topological polar surface area (TPSA) is 58.1 Å². The van der Waals surface area contributed by atoms with Crippen LogP contribution in [0.15, 0.2) is 49.6 Å². The molecule has 0 saturated heterocycles. The van der Waals surface area contributed by atoms with Crippen LogP contribution in [0, 0.1) is 0 Å². The number of hydrogen-bond donors (Lipinski definition) is 2. The van der Waals surface area contributed by atoms with E-state index < -0.39 is 0 Å². The highest BCUT2D eigenvalue weighted by Crippen LogP contribution is 2.32. The lowest BCUT2D eigenvalue weighted by Gasteiger charge is -2.05. The van der Waals surface area contributed by atoms with Crippen LogP contribution in [0.4, 0.5) is 0 Å². The smallest absolute Gasteiger partial charge is 0.249 e. The van der Waals surface area contributed by atoms with Crippen molar-refractivity contribution in [3.63, 3.8) is 0 Å². The number of imidazole rings is 2. The van der Waals surface area contributed by atoms with E-state index >= 15 is 0 Å². The molecule has 2 heterocycles. The van der Waals surface area contributed by atoms with Crippen molar-refractivity contribution >= 4 is 0 Å². The van der Waals surface area contributed by atoms with Gasteiger partial charge < -0.3 is 10.2 Å². The van der Waals surface area contributed by atoms with Gasteiger partial charge in [0.1, 0.15) is 24.8 Å². The molecule has 6 nitrogen and oxygen atoms in total. The zero-order valence-electron chi connectivity index (χ0n) is 17.0. The van der Waals surface area contributed by atoms with Crippen molar-refractivity contribution in [2.24, 2.45) is 0 Å². The van der Waals surface area contributed by atoms with Crippen LogP contribution in [0.3, 0.4) is 0 Å². The van der Waals surface area contributed by atoms with Gasteiger partial charge >= 0.3 is 0 Å². The van der Waals surface area contributed by atoms with Crippen LogP contribution in [-0.4, -0.2) is 19.3 Å². The van der Waals surface area contributed by atoms with E-state index in [0.29, 0.717) is 11.4 Å². The molecule has 0 amide bonds. The standard InChI is InChI=1S/C22H30N4O2/c1-3-5-7-9-23-11-13-25(17-23)19-15-22(28)20(16-21(19)27)26-14-12-24(18-26)10-8-6-4-2/h11-18H,3-10H2,1-2H3/p+2. The molecule has 6 heteroatoms. The average molecular weight is 385 g/mol. The number of benzene rings is 1. The molecule has 0 aliphatic rings. The monoisotopic (exact) mass is 384 g/mol. The van der Waals surface area contributed by atoms with Crippen LogP contribution >= 0.6 is 0 Å². The van der Waals surface area contributed by atoms with Crippen LogP contribution in [0.2, 0.25) is 0 Å². The molecule has 0 atom stereocenters. The van der Waals surface area contributed by atoms with Gasteiger partial charge in [0.15, 0.2) is 22.9 Å². The molecular weight excluding hydrogens is 352 g/mol. The predicted octanol–water partition coefficient (Wildman–Crippen LogP) is 3.63. The minimum absolute atomic E-state index is 0.135. The van der Waals surface area contributed by atoms with Gasteiger partial charge in [0.2, 0.25) is 12.7 Å². The summed E-state index contributed by atoms with van der Waals surface area (Å²) in [5.74, 6) is 0.269. The number of unbranched alkanes of at least 4 members (excludes halogenated alkanes) is 4. The highest BCUT2D eigenvalue weighted by atomic mass is 16.3. The van der Waals surface area contributed by atoms with E-state index in [0.717, 1.165) is 25.9 Å². The Hall–Kier alpha value is -2.76. The van der Waals surface area contributed by atoms with Gasteiger partial charge in [-0.25, -0.2) is 9.13 Å². The number of hydrogen-bond acceptors (Lipinski definition) is 2. The Morgan fingerprint density at radius 1 is 0.714 bits per heavy atom. The van der Waals surface area contributed by atoms with Crippen LogP contribution in [0.25, 0.3) is 11.4 Å². The molecule has 0 bridgehead atoms. The molecule has 150 valence electrons. The number of rotatable bonds is 10. The van der Waals surface area contributed by atoms with Crippen LogP contribution in [-0.2, 0) is 13.1 Å². The van der Waals surface area contributed by atoms with Crippen molar-refractivity contribution in [2.75, 3.05) is 0 Å². The number of phenolic OH excluding ortho intramolecular Hbond substituents is 2. The zero-order valence-corrected chi connectivity index (χ0v) is 17.0. The maximum atomic E-state index is 10.6. The van der Waals surface area contributed by atoms with Gasteiger partial charge in [-0.15, -0.1) is 0 Å². The molecule has 3 aromatic rings. The second-order valence-electron chi connectivity index (χ2n) is 7.36. The lowest BCUT2D eigenvalue weighted by Crippen LogP contribution is -2.30. The fourth-order valence-corrected chi connectivity index (χ4v) is 3.40. The maximum Gasteiger partial charge on any atom is 0.249 e. The van der Waals surface area contributed by atoms with E-state index in [1.165, 1.54) is 25.7 Å². The third-order valence-electron chi connectivity index (χ3n) is 5.05. The lowest BCUT2D eigenvalue weighted by atomic mass is 10.2. The lowest BCUT2D eigenvalue weighted by molar-refractivity contribution is -0.696. The first kappa shape index (κ1) is 20.0. The first-order valence-corrected chi connectivity index (χ1v) is 10.3. The van der Waals surface area contributed by atoms with E-state index in [4.69, 9.17) is 0 Å². The van der Waals surface area contributed by atoms with E-state index in [1.54, 1.807) is 12.1 Å². The molecule has 28 heavy (non-hydrogen) atoms. The number of nitrogens with zero attached hydrogens (tertiary/aromatic N) is 4. The van der Waals surface area contributed by atoms with Gasteiger partial charge in [-0.3, -0.25) is 0 Å². The molecule has 0 aliphatic heterocycles. The highest BCUT2D eigenvalue weighted by Gasteiger charge is 2.19. The second-order valence-corrected chi connectivity index (χ2v) is 7.36. The average Bonchev–Trinajstić information content (AvgIpc) is 3.33. The van der Waals surface area contributed by atoms with E-state index in [9.17, 15) is 10.2 Å². The van der Waals surface area contributed by atoms with E-state index in [-0.39, 0.29) is 11.5 Å². The van der Waals surface area contributed by atoms with Gasteiger partial charge in [0, 0.05) is 12.1 Å². The SMILES string of the molecule is CCCCC[n+]1ccn(-c2cc(O)c(-n3cc[n+](CCCCC)c3)cc2O)c1. The van der Waals surface area contributed by atoms with Crippen molar-refractivity contribution in [1.29, 1.82) is 0 Å². The fraction of sp³-hybridized carbons (Fsp3) is 0.455. The molecule has 2 aromatic heterocycles. The van der Waals surface area contributed by atoms with Crippen molar-refractivity contribution in [3.8, 4) is 22.9 Å². The summed E-state index contributed by atoms with van der Waals surface area (Å²) in [5, 5.41) is 21.1. The Morgan fingerprint density at radius 2 is 1.14 bits per heavy atom. The summed E-state index contributed by atoms with van der Waals surface area (Å²) in [7, 11) is 0. The highest BCUT2D eigenvalue weighted by molar-refractivity contribution is 5.59. The largest absolute Gasteiger partial charge is 0.504 e. The van der Waals surface area contributed by atoms with E-state index in [1.807, 2.05) is 46.6 Å². The third-order valence-corrected chi connectivity index (χ3v) is 5.05. The first-order chi connectivity index (χ1) is 13.6. The van der Waals surface area contributed by atoms with Gasteiger partial charge in [0.05, 0.1) is 13.1 Å². The Kier molecular flexibility index (Phi) is 6.74. The van der Waals surface area contributed by atoms with Crippen molar-refractivity contribution < 1.29 is 19.3 Å². The van der Waals surface area contributed by atoms with Gasteiger partial charge in [-0.05, 0) is 25.7 Å². The Morgan fingerprint density at radius 3 is 1.54 bits per heavy atom. The summed E-state index contributed by atoms with van der Waals surface area (Å²) in [5.41, 5.74) is 1.14.